The normalized spacial score (nSPS) is 12.2. The molecular formula is C13H11ClF3N. The summed E-state index contributed by atoms with van der Waals surface area (Å²) < 4.78 is 40.3. The van der Waals surface area contributed by atoms with E-state index < -0.39 is 22.9 Å². The molecule has 0 aliphatic heterocycles. The van der Waals surface area contributed by atoms with Crippen molar-refractivity contribution < 1.29 is 13.2 Å². The van der Waals surface area contributed by atoms with Crippen LogP contribution >= 0.6 is 11.6 Å². The van der Waals surface area contributed by atoms with Crippen LogP contribution in [0.15, 0.2) is 12.1 Å². The Balaban J connectivity index is 2.90. The molecule has 0 bridgehead atoms. The fraction of sp³-hybridized carbons (Fsp3) is 0.308. The maximum Gasteiger partial charge on any atom is 0.168 e. The van der Waals surface area contributed by atoms with Crippen LogP contribution in [0, 0.1) is 17.5 Å². The van der Waals surface area contributed by atoms with Gasteiger partial charge in [0.15, 0.2) is 17.5 Å². The van der Waals surface area contributed by atoms with Gasteiger partial charge in [-0.2, -0.15) is 0 Å². The Morgan fingerprint density at radius 1 is 1.06 bits per heavy atom. The standard InChI is InChI=1S/C13H11ClF3N/c1-13(2,3)7-4-6-10(17)8(15)5-9(16)11(6)18-12(7)14/h4-5H,1-3H3. The zero-order valence-corrected chi connectivity index (χ0v) is 10.9. The van der Waals surface area contributed by atoms with Gasteiger partial charge in [-0.3, -0.25) is 0 Å². The molecule has 0 aliphatic rings. The maximum absolute atomic E-state index is 13.7. The first-order valence-electron chi connectivity index (χ1n) is 5.36. The lowest BCUT2D eigenvalue weighted by Gasteiger charge is -2.20. The van der Waals surface area contributed by atoms with E-state index in [4.69, 9.17) is 11.6 Å². The minimum Gasteiger partial charge on any atom is -0.233 e. The summed E-state index contributed by atoms with van der Waals surface area (Å²) in [5.74, 6) is -3.27. The SMILES string of the molecule is CC(C)(C)c1cc2c(F)c(F)cc(F)c2nc1Cl. The number of benzene rings is 1. The van der Waals surface area contributed by atoms with E-state index in [-0.39, 0.29) is 16.1 Å². The van der Waals surface area contributed by atoms with E-state index in [1.807, 2.05) is 20.8 Å². The van der Waals surface area contributed by atoms with Gasteiger partial charge in [-0.05, 0) is 17.0 Å². The molecule has 0 N–H and O–H groups in total. The Labute approximate surface area is 108 Å². The van der Waals surface area contributed by atoms with Crippen molar-refractivity contribution >= 4 is 22.5 Å². The number of hydrogen-bond donors (Lipinski definition) is 0. The van der Waals surface area contributed by atoms with Gasteiger partial charge in [0.2, 0.25) is 0 Å². The molecule has 0 unspecified atom stereocenters. The molecule has 0 atom stereocenters. The summed E-state index contributed by atoms with van der Waals surface area (Å²) in [6.45, 7) is 5.57. The first kappa shape index (κ1) is 13.1. The average molecular weight is 274 g/mol. The van der Waals surface area contributed by atoms with Crippen LogP contribution in [-0.2, 0) is 5.41 Å². The molecule has 0 fully saturated rings. The van der Waals surface area contributed by atoms with E-state index in [9.17, 15) is 13.2 Å². The topological polar surface area (TPSA) is 12.9 Å². The first-order valence-corrected chi connectivity index (χ1v) is 5.74. The van der Waals surface area contributed by atoms with Crippen molar-refractivity contribution in [2.75, 3.05) is 0 Å². The van der Waals surface area contributed by atoms with Gasteiger partial charge in [-0.15, -0.1) is 0 Å². The number of fused-ring (bicyclic) bond motifs is 1. The highest BCUT2D eigenvalue weighted by Gasteiger charge is 2.22. The van der Waals surface area contributed by atoms with Gasteiger partial charge < -0.3 is 0 Å². The van der Waals surface area contributed by atoms with Gasteiger partial charge in [-0.1, -0.05) is 32.4 Å². The highest BCUT2D eigenvalue weighted by Crippen LogP contribution is 2.33. The second kappa shape index (κ2) is 4.12. The minimum atomic E-state index is -1.23. The average Bonchev–Trinajstić information content (AvgIpc) is 2.24. The fourth-order valence-electron chi connectivity index (χ4n) is 1.74. The number of rotatable bonds is 0. The van der Waals surface area contributed by atoms with Gasteiger partial charge in [0, 0.05) is 11.5 Å². The lowest BCUT2D eigenvalue weighted by molar-refractivity contribution is 0.504. The molecule has 1 aromatic carbocycles. The Bertz CT molecular complexity index is 632. The predicted molar refractivity (Wildman–Crippen MR) is 65.3 cm³/mol. The van der Waals surface area contributed by atoms with Crippen molar-refractivity contribution in [2.24, 2.45) is 0 Å². The summed E-state index contributed by atoms with van der Waals surface area (Å²) in [7, 11) is 0. The van der Waals surface area contributed by atoms with Gasteiger partial charge in [0.1, 0.15) is 10.7 Å². The molecule has 0 spiro atoms. The highest BCUT2D eigenvalue weighted by atomic mass is 35.5. The van der Waals surface area contributed by atoms with Crippen molar-refractivity contribution in [1.82, 2.24) is 4.98 Å². The van der Waals surface area contributed by atoms with Gasteiger partial charge >= 0.3 is 0 Å². The number of aromatic nitrogens is 1. The number of pyridine rings is 1. The molecule has 96 valence electrons. The monoisotopic (exact) mass is 273 g/mol. The van der Waals surface area contributed by atoms with Gasteiger partial charge in [-0.25, -0.2) is 18.2 Å². The van der Waals surface area contributed by atoms with Crippen molar-refractivity contribution in [3.05, 3.63) is 40.3 Å². The molecule has 1 nitrogen and oxygen atoms in total. The van der Waals surface area contributed by atoms with E-state index in [0.29, 0.717) is 11.6 Å². The van der Waals surface area contributed by atoms with Crippen LogP contribution in [0.25, 0.3) is 10.9 Å². The van der Waals surface area contributed by atoms with Crippen molar-refractivity contribution in [3.63, 3.8) is 0 Å². The summed E-state index contributed by atoms with van der Waals surface area (Å²) in [5, 5.41) is -0.0956. The molecule has 0 aliphatic carbocycles. The Kier molecular flexibility index (Phi) is 3.01. The zero-order valence-electron chi connectivity index (χ0n) is 10.1. The third-order valence-corrected chi connectivity index (χ3v) is 3.00. The van der Waals surface area contributed by atoms with Crippen LogP contribution in [0.5, 0.6) is 0 Å². The number of halogens is 4. The quantitative estimate of drug-likeness (QED) is 0.505. The summed E-state index contributed by atoms with van der Waals surface area (Å²) in [6, 6.07) is 1.82. The summed E-state index contributed by atoms with van der Waals surface area (Å²) in [4.78, 5) is 3.83. The van der Waals surface area contributed by atoms with Crippen LogP contribution < -0.4 is 0 Å². The van der Waals surface area contributed by atoms with Crippen LogP contribution in [0.2, 0.25) is 5.15 Å². The molecule has 2 rings (SSSR count). The van der Waals surface area contributed by atoms with E-state index in [0.717, 1.165) is 0 Å². The molecule has 2 aromatic rings. The van der Waals surface area contributed by atoms with Crippen LogP contribution in [0.3, 0.4) is 0 Å². The lowest BCUT2D eigenvalue weighted by Crippen LogP contribution is -2.13. The van der Waals surface area contributed by atoms with E-state index in [2.05, 4.69) is 4.98 Å². The third kappa shape index (κ3) is 2.05. The molecule has 5 heteroatoms. The summed E-state index contributed by atoms with van der Waals surface area (Å²) >= 11 is 5.96. The fourth-order valence-corrected chi connectivity index (χ4v) is 2.16. The zero-order chi connectivity index (χ0) is 13.7. The van der Waals surface area contributed by atoms with Gasteiger partial charge in [0.05, 0.1) is 0 Å². The first-order chi connectivity index (χ1) is 8.21. The van der Waals surface area contributed by atoms with Crippen LogP contribution in [-0.4, -0.2) is 4.98 Å². The molecule has 0 amide bonds. The molecule has 0 radical (unpaired) electrons. The molecule has 18 heavy (non-hydrogen) atoms. The van der Waals surface area contributed by atoms with E-state index in [1.54, 1.807) is 0 Å². The Morgan fingerprint density at radius 2 is 1.67 bits per heavy atom. The third-order valence-electron chi connectivity index (χ3n) is 2.71. The molecule has 0 saturated carbocycles. The minimum absolute atomic E-state index is 0.0971. The molecule has 1 aromatic heterocycles. The lowest BCUT2D eigenvalue weighted by atomic mass is 9.87. The molecular weight excluding hydrogens is 263 g/mol. The molecule has 1 heterocycles. The Hall–Kier alpha value is -1.29. The van der Waals surface area contributed by atoms with Crippen molar-refractivity contribution in [3.8, 4) is 0 Å². The largest absolute Gasteiger partial charge is 0.233 e. The van der Waals surface area contributed by atoms with Gasteiger partial charge in [0.25, 0.3) is 0 Å². The predicted octanol–water partition coefficient (Wildman–Crippen LogP) is 4.60. The summed E-state index contributed by atoms with van der Waals surface area (Å²) in [6.07, 6.45) is 0. The Morgan fingerprint density at radius 3 is 2.22 bits per heavy atom. The van der Waals surface area contributed by atoms with E-state index >= 15 is 0 Å². The van der Waals surface area contributed by atoms with Crippen molar-refractivity contribution in [1.29, 1.82) is 0 Å². The molecule has 0 saturated heterocycles. The van der Waals surface area contributed by atoms with Crippen molar-refractivity contribution in [2.45, 2.75) is 26.2 Å². The summed E-state index contributed by atoms with van der Waals surface area (Å²) in [5.41, 5.74) is -0.111. The van der Waals surface area contributed by atoms with E-state index in [1.165, 1.54) is 6.07 Å². The second-order valence-corrected chi connectivity index (χ2v) is 5.49. The number of hydrogen-bond acceptors (Lipinski definition) is 1. The maximum atomic E-state index is 13.7. The van der Waals surface area contributed by atoms with Crippen LogP contribution in [0.4, 0.5) is 13.2 Å². The van der Waals surface area contributed by atoms with Crippen LogP contribution in [0.1, 0.15) is 26.3 Å². The smallest absolute Gasteiger partial charge is 0.168 e. The second-order valence-electron chi connectivity index (χ2n) is 5.13. The highest BCUT2D eigenvalue weighted by molar-refractivity contribution is 6.30. The number of nitrogens with zero attached hydrogens (tertiary/aromatic N) is 1.